The fourth-order valence-corrected chi connectivity index (χ4v) is 1.68. The van der Waals surface area contributed by atoms with Crippen molar-refractivity contribution in [1.29, 1.82) is 5.26 Å². The quantitative estimate of drug-likeness (QED) is 0.848. The van der Waals surface area contributed by atoms with Crippen molar-refractivity contribution in [2.24, 2.45) is 0 Å². The second kappa shape index (κ2) is 7.04. The number of amides is 1. The SMILES string of the molecule is Cc1cc(COC(=O)c2ccc(NC(=O)CC#N)cc2)no1. The maximum Gasteiger partial charge on any atom is 0.338 e. The highest BCUT2D eigenvalue weighted by Gasteiger charge is 2.09. The van der Waals surface area contributed by atoms with Crippen LogP contribution in [0.5, 0.6) is 0 Å². The standard InChI is InChI=1S/C15H13N3O4/c1-10-8-13(18-22-10)9-21-15(20)11-2-4-12(5-3-11)17-14(19)6-7-16/h2-5,8H,6,9H2,1H3,(H,17,19). The van der Waals surface area contributed by atoms with Gasteiger partial charge in [-0.1, -0.05) is 5.16 Å². The summed E-state index contributed by atoms with van der Waals surface area (Å²) >= 11 is 0. The lowest BCUT2D eigenvalue weighted by atomic mass is 10.2. The number of hydrogen-bond acceptors (Lipinski definition) is 6. The zero-order valence-corrected chi connectivity index (χ0v) is 11.8. The highest BCUT2D eigenvalue weighted by atomic mass is 16.5. The van der Waals surface area contributed by atoms with E-state index in [1.165, 1.54) is 12.1 Å². The molecule has 7 nitrogen and oxygen atoms in total. The number of rotatable bonds is 5. The Morgan fingerprint density at radius 2 is 2.09 bits per heavy atom. The Morgan fingerprint density at radius 1 is 1.36 bits per heavy atom. The Balaban J connectivity index is 1.90. The normalized spacial score (nSPS) is 9.82. The number of carbonyl (C=O) groups is 2. The van der Waals surface area contributed by atoms with Crippen LogP contribution in [0.4, 0.5) is 5.69 Å². The molecular weight excluding hydrogens is 286 g/mol. The molecule has 0 bridgehead atoms. The smallest absolute Gasteiger partial charge is 0.338 e. The Bertz CT molecular complexity index is 713. The summed E-state index contributed by atoms with van der Waals surface area (Å²) in [7, 11) is 0. The number of aryl methyl sites for hydroxylation is 1. The number of ether oxygens (including phenoxy) is 1. The summed E-state index contributed by atoms with van der Waals surface area (Å²) in [4.78, 5) is 23.1. The first-order valence-electron chi connectivity index (χ1n) is 6.44. The molecule has 0 radical (unpaired) electrons. The van der Waals surface area contributed by atoms with Crippen LogP contribution < -0.4 is 5.32 Å². The van der Waals surface area contributed by atoms with Crippen molar-refractivity contribution in [3.05, 3.63) is 47.3 Å². The summed E-state index contributed by atoms with van der Waals surface area (Å²) in [6, 6.07) is 9.61. The lowest BCUT2D eigenvalue weighted by molar-refractivity contribution is -0.115. The van der Waals surface area contributed by atoms with E-state index in [4.69, 9.17) is 14.5 Å². The average molecular weight is 299 g/mol. The summed E-state index contributed by atoms with van der Waals surface area (Å²) in [6.07, 6.45) is -0.221. The number of nitrogens with zero attached hydrogens (tertiary/aromatic N) is 2. The number of esters is 1. The van der Waals surface area contributed by atoms with Crippen LogP contribution in [0, 0.1) is 18.3 Å². The zero-order valence-electron chi connectivity index (χ0n) is 11.8. The molecule has 0 fully saturated rings. The van der Waals surface area contributed by atoms with Crippen LogP contribution in [0.15, 0.2) is 34.9 Å². The molecule has 2 aromatic rings. The van der Waals surface area contributed by atoms with E-state index < -0.39 is 11.9 Å². The van der Waals surface area contributed by atoms with Crippen LogP contribution in [0.25, 0.3) is 0 Å². The molecule has 1 aromatic carbocycles. The second-order valence-electron chi connectivity index (χ2n) is 4.47. The van der Waals surface area contributed by atoms with Gasteiger partial charge in [0.05, 0.1) is 11.6 Å². The summed E-state index contributed by atoms with van der Waals surface area (Å²) in [5.41, 5.74) is 1.38. The fraction of sp³-hybridized carbons (Fsp3) is 0.200. The molecule has 0 aliphatic rings. The number of carbonyl (C=O) groups excluding carboxylic acids is 2. The van der Waals surface area contributed by atoms with E-state index in [9.17, 15) is 9.59 Å². The molecule has 22 heavy (non-hydrogen) atoms. The van der Waals surface area contributed by atoms with Crippen molar-refractivity contribution < 1.29 is 18.8 Å². The van der Waals surface area contributed by atoms with Crippen LogP contribution in [-0.4, -0.2) is 17.0 Å². The van der Waals surface area contributed by atoms with Gasteiger partial charge in [-0.2, -0.15) is 5.26 Å². The Labute approximate surface area is 126 Å². The molecule has 1 heterocycles. The summed E-state index contributed by atoms with van der Waals surface area (Å²) < 4.78 is 9.97. The van der Waals surface area contributed by atoms with E-state index >= 15 is 0 Å². The van der Waals surface area contributed by atoms with Crippen molar-refractivity contribution in [2.45, 2.75) is 20.0 Å². The second-order valence-corrected chi connectivity index (χ2v) is 4.47. The van der Waals surface area contributed by atoms with Crippen LogP contribution in [-0.2, 0) is 16.1 Å². The molecule has 0 spiro atoms. The molecule has 0 atom stereocenters. The minimum absolute atomic E-state index is 0.0246. The number of benzene rings is 1. The first-order valence-corrected chi connectivity index (χ1v) is 6.44. The third-order valence-corrected chi connectivity index (χ3v) is 2.67. The molecule has 1 N–H and O–H groups in total. The first-order chi connectivity index (χ1) is 10.6. The highest BCUT2D eigenvalue weighted by Crippen LogP contribution is 2.12. The molecule has 2 rings (SSSR count). The largest absolute Gasteiger partial charge is 0.455 e. The van der Waals surface area contributed by atoms with Crippen molar-refractivity contribution in [3.63, 3.8) is 0 Å². The summed E-state index contributed by atoms with van der Waals surface area (Å²) in [6.45, 7) is 1.77. The van der Waals surface area contributed by atoms with Crippen molar-refractivity contribution >= 4 is 17.6 Å². The molecule has 7 heteroatoms. The van der Waals surface area contributed by atoms with E-state index in [1.807, 2.05) is 0 Å². The van der Waals surface area contributed by atoms with Crippen molar-refractivity contribution in [2.75, 3.05) is 5.32 Å². The van der Waals surface area contributed by atoms with E-state index in [0.29, 0.717) is 22.7 Å². The van der Waals surface area contributed by atoms with Gasteiger partial charge in [0.25, 0.3) is 0 Å². The highest BCUT2D eigenvalue weighted by molar-refractivity contribution is 5.93. The summed E-state index contributed by atoms with van der Waals surface area (Å²) in [5.74, 6) is -0.265. The van der Waals surface area contributed by atoms with Gasteiger partial charge in [0.2, 0.25) is 5.91 Å². The number of hydrogen-bond donors (Lipinski definition) is 1. The molecule has 112 valence electrons. The Kier molecular flexibility index (Phi) is 4.88. The molecule has 1 aromatic heterocycles. The number of nitriles is 1. The lowest BCUT2D eigenvalue weighted by Crippen LogP contribution is -2.10. The minimum Gasteiger partial charge on any atom is -0.455 e. The van der Waals surface area contributed by atoms with Gasteiger partial charge in [-0.3, -0.25) is 4.79 Å². The van der Waals surface area contributed by atoms with Gasteiger partial charge in [0, 0.05) is 11.8 Å². The maximum absolute atomic E-state index is 11.8. The Morgan fingerprint density at radius 3 is 2.68 bits per heavy atom. The van der Waals surface area contributed by atoms with Gasteiger partial charge in [0.1, 0.15) is 24.5 Å². The lowest BCUT2D eigenvalue weighted by Gasteiger charge is -2.05. The molecular formula is C15H13N3O4. The zero-order chi connectivity index (χ0) is 15.9. The number of aromatic nitrogens is 1. The van der Waals surface area contributed by atoms with E-state index in [0.717, 1.165) is 0 Å². The van der Waals surface area contributed by atoms with Crippen molar-refractivity contribution in [3.8, 4) is 6.07 Å². The molecule has 0 aliphatic carbocycles. The fourth-order valence-electron chi connectivity index (χ4n) is 1.68. The van der Waals surface area contributed by atoms with Crippen LogP contribution in [0.3, 0.4) is 0 Å². The molecule has 0 saturated carbocycles. The molecule has 0 unspecified atom stereocenters. The van der Waals surface area contributed by atoms with Gasteiger partial charge in [-0.25, -0.2) is 4.79 Å². The van der Waals surface area contributed by atoms with E-state index in [2.05, 4.69) is 10.5 Å². The summed E-state index contributed by atoms with van der Waals surface area (Å²) in [5, 5.41) is 14.7. The average Bonchev–Trinajstić information content (AvgIpc) is 2.91. The topological polar surface area (TPSA) is 105 Å². The van der Waals surface area contributed by atoms with Gasteiger partial charge in [-0.15, -0.1) is 0 Å². The monoisotopic (exact) mass is 299 g/mol. The van der Waals surface area contributed by atoms with Crippen LogP contribution >= 0.6 is 0 Å². The van der Waals surface area contributed by atoms with Gasteiger partial charge >= 0.3 is 5.97 Å². The predicted octanol–water partition coefficient (Wildman–Crippen LogP) is 2.19. The number of anilines is 1. The third-order valence-electron chi connectivity index (χ3n) is 2.67. The molecule has 1 amide bonds. The molecule has 0 aliphatic heterocycles. The van der Waals surface area contributed by atoms with Crippen molar-refractivity contribution in [1.82, 2.24) is 5.16 Å². The predicted molar refractivity (Wildman–Crippen MR) is 75.7 cm³/mol. The van der Waals surface area contributed by atoms with E-state index in [-0.39, 0.29) is 13.0 Å². The maximum atomic E-state index is 11.8. The van der Waals surface area contributed by atoms with Gasteiger partial charge < -0.3 is 14.6 Å². The van der Waals surface area contributed by atoms with Crippen LogP contribution in [0.1, 0.15) is 28.2 Å². The Hall–Kier alpha value is -3.14. The minimum atomic E-state index is -0.504. The first kappa shape index (κ1) is 15.3. The number of nitrogens with one attached hydrogen (secondary N) is 1. The van der Waals surface area contributed by atoms with Gasteiger partial charge in [-0.05, 0) is 31.2 Å². The van der Waals surface area contributed by atoms with Crippen LogP contribution in [0.2, 0.25) is 0 Å². The van der Waals surface area contributed by atoms with E-state index in [1.54, 1.807) is 31.2 Å². The van der Waals surface area contributed by atoms with Gasteiger partial charge in [0.15, 0.2) is 0 Å². The third kappa shape index (κ3) is 4.18. The molecule has 0 saturated heterocycles.